The first-order valence-electron chi connectivity index (χ1n) is 5.34. The summed E-state index contributed by atoms with van der Waals surface area (Å²) in [5, 5.41) is 12.8. The van der Waals surface area contributed by atoms with Crippen LogP contribution in [-0.2, 0) is 28.0 Å². The second-order valence-corrected chi connectivity index (χ2v) is 4.39. The third kappa shape index (κ3) is 3.88. The number of carbonyl (C=O) groups excluding carboxylic acids is 1. The predicted molar refractivity (Wildman–Crippen MR) is 64.8 cm³/mol. The van der Waals surface area contributed by atoms with E-state index in [2.05, 4.69) is 26.0 Å². The molecule has 0 fully saturated rings. The largest absolute Gasteiger partial charge is 0.481 e. The minimum Gasteiger partial charge on any atom is -0.481 e. The van der Waals surface area contributed by atoms with Crippen molar-refractivity contribution in [3.05, 3.63) is 10.6 Å². The first-order valence-corrected chi connectivity index (χ1v) is 6.13. The van der Waals surface area contributed by atoms with Gasteiger partial charge in [-0.15, -0.1) is 0 Å². The van der Waals surface area contributed by atoms with Gasteiger partial charge in [0.15, 0.2) is 16.3 Å². The smallest absolute Gasteiger partial charge is 0.314 e. The highest BCUT2D eigenvalue weighted by Gasteiger charge is 2.23. The number of hydrogen-bond acceptors (Lipinski definition) is 5. The maximum Gasteiger partial charge on any atom is 0.314 e. The number of aromatic nitrogens is 3. The number of carbonyl (C=O) groups is 2. The summed E-state index contributed by atoms with van der Waals surface area (Å²) in [4.78, 5) is 26.3. The Balaban J connectivity index is 2.42. The second-order valence-electron chi connectivity index (χ2n) is 3.68. The Bertz CT molecular complexity index is 427. The van der Waals surface area contributed by atoms with Gasteiger partial charge in [0.05, 0.1) is 0 Å². The maximum absolute atomic E-state index is 11.5. The summed E-state index contributed by atoms with van der Waals surface area (Å²) in [6.07, 6.45) is 0.255. The van der Waals surface area contributed by atoms with Crippen LogP contribution >= 0.6 is 15.9 Å². The average Bonchev–Trinajstić information content (AvgIpc) is 2.58. The van der Waals surface area contributed by atoms with E-state index in [0.29, 0.717) is 10.6 Å². The third-order valence-corrected chi connectivity index (χ3v) is 3.01. The molecule has 7 nitrogen and oxygen atoms in total. The molecule has 0 spiro atoms. The van der Waals surface area contributed by atoms with Crippen LogP contribution < -0.4 is 0 Å². The van der Waals surface area contributed by atoms with Crippen LogP contribution in [0.5, 0.6) is 0 Å². The lowest BCUT2D eigenvalue weighted by Crippen LogP contribution is -2.26. The zero-order chi connectivity index (χ0) is 13.7. The lowest BCUT2D eigenvalue weighted by atomic mass is 10.0. The van der Waals surface area contributed by atoms with E-state index in [0.717, 1.165) is 0 Å². The van der Waals surface area contributed by atoms with Crippen LogP contribution in [0.25, 0.3) is 0 Å². The molecule has 100 valence electrons. The molecule has 0 aliphatic rings. The summed E-state index contributed by atoms with van der Waals surface area (Å²) in [5.41, 5.74) is 0. The molecule has 1 heterocycles. The van der Waals surface area contributed by atoms with Crippen molar-refractivity contribution in [2.24, 2.45) is 13.0 Å². The van der Waals surface area contributed by atoms with Crippen molar-refractivity contribution in [1.29, 1.82) is 0 Å². The summed E-state index contributed by atoms with van der Waals surface area (Å²) in [6.45, 7) is 1.47. The number of aliphatic carboxylic acids is 1. The highest BCUT2D eigenvalue weighted by molar-refractivity contribution is 9.10. The van der Waals surface area contributed by atoms with E-state index in [4.69, 9.17) is 9.84 Å². The van der Waals surface area contributed by atoms with Gasteiger partial charge >= 0.3 is 5.97 Å². The molecule has 0 amide bonds. The highest BCUT2D eigenvalue weighted by Crippen LogP contribution is 2.07. The fourth-order valence-electron chi connectivity index (χ4n) is 1.36. The van der Waals surface area contributed by atoms with E-state index in [-0.39, 0.29) is 19.6 Å². The van der Waals surface area contributed by atoms with Crippen molar-refractivity contribution < 1.29 is 19.4 Å². The normalized spacial score (nSPS) is 12.4. The molecule has 1 atom stereocenters. The Labute approximate surface area is 112 Å². The number of nitrogens with zero attached hydrogens (tertiary/aromatic N) is 3. The number of aryl methyl sites for hydroxylation is 1. The van der Waals surface area contributed by atoms with Crippen molar-refractivity contribution in [2.45, 2.75) is 20.0 Å². The van der Waals surface area contributed by atoms with E-state index in [1.165, 1.54) is 4.68 Å². The molecule has 1 N–H and O–H groups in total. The van der Waals surface area contributed by atoms with Gasteiger partial charge in [-0.2, -0.15) is 5.10 Å². The van der Waals surface area contributed by atoms with Crippen LogP contribution in [-0.4, -0.2) is 38.2 Å². The number of carboxylic acids is 1. The van der Waals surface area contributed by atoms with Crippen molar-refractivity contribution in [1.82, 2.24) is 14.8 Å². The van der Waals surface area contributed by atoms with Gasteiger partial charge in [-0.3, -0.25) is 9.59 Å². The molecule has 0 aromatic carbocycles. The van der Waals surface area contributed by atoms with Gasteiger partial charge < -0.3 is 9.84 Å². The molecule has 18 heavy (non-hydrogen) atoms. The quantitative estimate of drug-likeness (QED) is 0.746. The number of ketones is 1. The number of rotatable bonds is 7. The van der Waals surface area contributed by atoms with Crippen molar-refractivity contribution in [3.63, 3.8) is 0 Å². The van der Waals surface area contributed by atoms with Crippen molar-refractivity contribution >= 4 is 27.7 Å². The minimum atomic E-state index is -1.12. The van der Waals surface area contributed by atoms with E-state index in [9.17, 15) is 9.59 Å². The maximum atomic E-state index is 11.5. The van der Waals surface area contributed by atoms with Crippen molar-refractivity contribution in [3.8, 4) is 0 Å². The molecular formula is C10H14BrN3O4. The molecule has 1 aromatic heterocycles. The molecule has 0 aliphatic heterocycles. The Morgan fingerprint density at radius 2 is 2.22 bits per heavy atom. The summed E-state index contributed by atoms with van der Waals surface area (Å²) in [6, 6.07) is 0. The Kier molecular flexibility index (Phi) is 5.42. The summed E-state index contributed by atoms with van der Waals surface area (Å²) < 4.78 is 7.19. The van der Waals surface area contributed by atoms with Gasteiger partial charge in [-0.25, -0.2) is 9.67 Å². The van der Waals surface area contributed by atoms with Crippen molar-refractivity contribution in [2.75, 3.05) is 6.61 Å². The van der Waals surface area contributed by atoms with E-state index in [1.54, 1.807) is 14.0 Å². The molecule has 0 saturated heterocycles. The summed E-state index contributed by atoms with van der Waals surface area (Å²) in [5.74, 6) is -2.14. The number of carboxylic acid groups (broad SMARTS) is 1. The van der Waals surface area contributed by atoms with E-state index < -0.39 is 17.7 Å². The number of Topliss-reactive ketones (excluding diaryl/α,β-unsaturated/α-hetero) is 1. The van der Waals surface area contributed by atoms with Crippen LogP contribution in [0.15, 0.2) is 4.73 Å². The lowest BCUT2D eigenvalue weighted by molar-refractivity contribution is -0.148. The van der Waals surface area contributed by atoms with Gasteiger partial charge in [-0.05, 0) is 22.4 Å². The first kappa shape index (κ1) is 14.8. The Morgan fingerprint density at radius 1 is 1.56 bits per heavy atom. The molecule has 0 aliphatic carbocycles. The molecule has 8 heteroatoms. The highest BCUT2D eigenvalue weighted by atomic mass is 79.9. The van der Waals surface area contributed by atoms with Crippen LogP contribution in [0, 0.1) is 5.92 Å². The molecule has 1 aromatic rings. The molecule has 1 unspecified atom stereocenters. The first-order chi connectivity index (χ1) is 8.45. The molecule has 0 radical (unpaired) electrons. The monoisotopic (exact) mass is 319 g/mol. The summed E-state index contributed by atoms with van der Waals surface area (Å²) >= 11 is 3.18. The van der Waals surface area contributed by atoms with Gasteiger partial charge in [-0.1, -0.05) is 6.92 Å². The van der Waals surface area contributed by atoms with E-state index >= 15 is 0 Å². The lowest BCUT2D eigenvalue weighted by Gasteiger charge is -2.07. The fraction of sp³-hybridized carbons (Fsp3) is 0.600. The molecule has 1 rings (SSSR count). The van der Waals surface area contributed by atoms with Gasteiger partial charge in [0.1, 0.15) is 19.1 Å². The van der Waals surface area contributed by atoms with E-state index in [1.807, 2.05) is 0 Å². The van der Waals surface area contributed by atoms with Crippen LogP contribution in [0.3, 0.4) is 0 Å². The topological polar surface area (TPSA) is 94.3 Å². The minimum absolute atomic E-state index is 0.0707. The Morgan fingerprint density at radius 3 is 2.67 bits per heavy atom. The number of hydrogen-bond donors (Lipinski definition) is 1. The van der Waals surface area contributed by atoms with Crippen LogP contribution in [0.2, 0.25) is 0 Å². The standard InChI is InChI=1S/C10H14BrN3O4/c1-3-6(9(16)17)7(15)4-18-5-8-12-10(11)14(2)13-8/h6H,3-5H2,1-2H3,(H,16,17). The number of ether oxygens (including phenoxy) is 1. The zero-order valence-electron chi connectivity index (χ0n) is 10.1. The van der Waals surface area contributed by atoms with Gasteiger partial charge in [0.2, 0.25) is 0 Å². The SMILES string of the molecule is CCC(C(=O)O)C(=O)COCc1nc(Br)n(C)n1. The zero-order valence-corrected chi connectivity index (χ0v) is 11.7. The van der Waals surface area contributed by atoms with Crippen LogP contribution in [0.4, 0.5) is 0 Å². The van der Waals surface area contributed by atoms with Gasteiger partial charge in [0, 0.05) is 7.05 Å². The second kappa shape index (κ2) is 6.60. The average molecular weight is 320 g/mol. The predicted octanol–water partition coefficient (Wildman–Crippen LogP) is 0.774. The molecule has 0 saturated carbocycles. The Hall–Kier alpha value is -1.28. The van der Waals surface area contributed by atoms with Gasteiger partial charge in [0.25, 0.3) is 0 Å². The molecule has 0 bridgehead atoms. The third-order valence-electron chi connectivity index (χ3n) is 2.32. The van der Waals surface area contributed by atoms with Crippen LogP contribution in [0.1, 0.15) is 19.2 Å². The fourth-order valence-corrected chi connectivity index (χ4v) is 1.64. The number of halogens is 1. The molecular weight excluding hydrogens is 306 g/mol. The summed E-state index contributed by atoms with van der Waals surface area (Å²) in [7, 11) is 1.71.